The molecule has 0 amide bonds. The summed E-state index contributed by atoms with van der Waals surface area (Å²) in [6.45, 7) is 10.4. The minimum atomic E-state index is -0.720. The minimum absolute atomic E-state index is 0.0919. The maximum absolute atomic E-state index is 13.5. The van der Waals surface area contributed by atoms with Gasteiger partial charge in [-0.1, -0.05) is 37.6 Å². The van der Waals surface area contributed by atoms with Crippen molar-refractivity contribution in [3.05, 3.63) is 34.9 Å². The summed E-state index contributed by atoms with van der Waals surface area (Å²) in [6.07, 6.45) is 4.67. The van der Waals surface area contributed by atoms with Crippen LogP contribution >= 0.6 is 0 Å². The Morgan fingerprint density at radius 2 is 2.06 bits per heavy atom. The van der Waals surface area contributed by atoms with Crippen molar-refractivity contribution in [2.75, 3.05) is 19.7 Å². The molecule has 0 radical (unpaired) electrons. The number of rotatable bonds is 6. The molecule has 1 aromatic carbocycles. The quantitative estimate of drug-likeness (QED) is 0.628. The number of nitrogens with zero attached hydrogens (tertiary/aromatic N) is 1. The van der Waals surface area contributed by atoms with Crippen molar-refractivity contribution in [1.82, 2.24) is 4.90 Å². The number of hydrogen-bond acceptors (Lipinski definition) is 5. The third-order valence-electron chi connectivity index (χ3n) is 8.28. The van der Waals surface area contributed by atoms with E-state index in [4.69, 9.17) is 9.47 Å². The fourth-order valence-electron chi connectivity index (χ4n) is 6.73. The van der Waals surface area contributed by atoms with Gasteiger partial charge in [-0.05, 0) is 62.1 Å². The van der Waals surface area contributed by atoms with Crippen LogP contribution in [0.1, 0.15) is 69.6 Å². The molecule has 0 spiro atoms. The van der Waals surface area contributed by atoms with Gasteiger partial charge in [0, 0.05) is 38.3 Å². The minimum Gasteiger partial charge on any atom is -0.456 e. The predicted molar refractivity (Wildman–Crippen MR) is 123 cm³/mol. The van der Waals surface area contributed by atoms with Crippen molar-refractivity contribution >= 4 is 11.8 Å². The molecule has 5 nitrogen and oxygen atoms in total. The fraction of sp³-hybridized carbons (Fsp3) is 0.704. The summed E-state index contributed by atoms with van der Waals surface area (Å²) >= 11 is 0. The highest BCUT2D eigenvalue weighted by atomic mass is 16.6. The lowest BCUT2D eigenvalue weighted by molar-refractivity contribution is -0.218. The van der Waals surface area contributed by atoms with Crippen molar-refractivity contribution in [2.45, 2.75) is 89.4 Å². The number of piperidine rings is 1. The van der Waals surface area contributed by atoms with Crippen molar-refractivity contribution in [1.29, 1.82) is 0 Å². The lowest BCUT2D eigenvalue weighted by Crippen LogP contribution is -2.76. The molecule has 0 N–H and O–H groups in total. The molecule has 4 atom stereocenters. The highest BCUT2D eigenvalue weighted by Gasteiger charge is 2.69. The number of esters is 1. The second-order valence-electron chi connectivity index (χ2n) is 11.2. The van der Waals surface area contributed by atoms with Gasteiger partial charge in [0.2, 0.25) is 0 Å². The van der Waals surface area contributed by atoms with Gasteiger partial charge in [-0.3, -0.25) is 14.5 Å². The largest absolute Gasteiger partial charge is 0.456 e. The van der Waals surface area contributed by atoms with Gasteiger partial charge in [-0.15, -0.1) is 0 Å². The van der Waals surface area contributed by atoms with Crippen molar-refractivity contribution in [3.8, 4) is 0 Å². The van der Waals surface area contributed by atoms with E-state index in [2.05, 4.69) is 43.9 Å². The highest BCUT2D eigenvalue weighted by molar-refractivity contribution is 5.87. The van der Waals surface area contributed by atoms with Crippen molar-refractivity contribution in [2.24, 2.45) is 11.8 Å². The monoisotopic (exact) mass is 439 g/mol. The molecule has 0 unspecified atom stereocenters. The normalized spacial score (nSPS) is 34.2. The van der Waals surface area contributed by atoms with Crippen LogP contribution in [0.5, 0.6) is 0 Å². The van der Waals surface area contributed by atoms with Crippen LogP contribution in [0.25, 0.3) is 0 Å². The van der Waals surface area contributed by atoms with E-state index in [1.165, 1.54) is 36.5 Å². The van der Waals surface area contributed by atoms with Crippen LogP contribution in [0.15, 0.2) is 18.2 Å². The Balaban J connectivity index is 1.64. The summed E-state index contributed by atoms with van der Waals surface area (Å²) in [5.41, 5.74) is 2.56. The zero-order valence-electron chi connectivity index (χ0n) is 20.0. The Morgan fingerprint density at radius 3 is 2.75 bits per heavy atom. The summed E-state index contributed by atoms with van der Waals surface area (Å²) in [7, 11) is 0. The Bertz CT molecular complexity index is 922. The first-order valence-corrected chi connectivity index (χ1v) is 12.4. The second kappa shape index (κ2) is 7.95. The van der Waals surface area contributed by atoms with Gasteiger partial charge < -0.3 is 9.47 Å². The zero-order valence-corrected chi connectivity index (χ0v) is 20.0. The molecule has 1 aliphatic heterocycles. The smallest absolute Gasteiger partial charge is 0.303 e. The number of benzene rings is 1. The van der Waals surface area contributed by atoms with Crippen LogP contribution in [-0.4, -0.2) is 54.1 Å². The van der Waals surface area contributed by atoms with Gasteiger partial charge in [0.25, 0.3) is 0 Å². The summed E-state index contributed by atoms with van der Waals surface area (Å²) in [6, 6.07) is 6.76. The summed E-state index contributed by atoms with van der Waals surface area (Å²) in [4.78, 5) is 28.6. The van der Waals surface area contributed by atoms with Crippen LogP contribution in [0.4, 0.5) is 0 Å². The van der Waals surface area contributed by atoms with E-state index < -0.39 is 17.1 Å². The fourth-order valence-corrected chi connectivity index (χ4v) is 6.73. The van der Waals surface area contributed by atoms with Gasteiger partial charge >= 0.3 is 5.97 Å². The molecule has 2 bridgehead atoms. The van der Waals surface area contributed by atoms with E-state index >= 15 is 0 Å². The number of Topliss-reactive ketones (excluding diaryl/α,β-unsaturated/α-hetero) is 1. The zero-order chi connectivity index (χ0) is 22.7. The Morgan fingerprint density at radius 1 is 1.28 bits per heavy atom. The number of hydrogen-bond donors (Lipinski definition) is 0. The summed E-state index contributed by atoms with van der Waals surface area (Å²) < 4.78 is 12.6. The Hall–Kier alpha value is -1.72. The van der Waals surface area contributed by atoms with E-state index in [1.807, 2.05) is 0 Å². The molecule has 5 rings (SSSR count). The predicted octanol–water partition coefficient (Wildman–Crippen LogP) is 3.98. The van der Waals surface area contributed by atoms with Crippen LogP contribution in [0, 0.1) is 18.8 Å². The molecule has 5 heteroatoms. The SMILES string of the molecule is CC(=O)O[C@@]12C[C@H](OCC(C)C)C(=O)C[C@@]13CCN(CC1CC1)[C@@H]2Cc1ccc(C)cc13. The van der Waals surface area contributed by atoms with Crippen LogP contribution in [0.2, 0.25) is 0 Å². The molecular formula is C27H37NO4. The average Bonchev–Trinajstić information content (AvgIpc) is 3.53. The average molecular weight is 440 g/mol. The van der Waals surface area contributed by atoms with Gasteiger partial charge in [0.15, 0.2) is 5.78 Å². The summed E-state index contributed by atoms with van der Waals surface area (Å²) in [5, 5.41) is 0. The topological polar surface area (TPSA) is 55.8 Å². The number of fused-ring (bicyclic) bond motifs is 1. The number of likely N-dealkylation sites (tertiary alicyclic amines) is 1. The van der Waals surface area contributed by atoms with E-state index in [0.717, 1.165) is 31.8 Å². The molecule has 4 aliphatic rings. The molecule has 1 saturated heterocycles. The Labute approximate surface area is 191 Å². The molecule has 1 heterocycles. The standard InChI is InChI=1S/C27H37NO4/c1-17(2)16-31-24-14-27(32-19(4)29)25-12-21-8-5-18(3)11-22(21)26(27,13-23(24)30)9-10-28(25)15-20-6-7-20/h5,8,11,17,20,24-25H,6-7,9-10,12-16H2,1-4H3/t24-,25+,26+,27+/m0/s1. The first-order chi connectivity index (χ1) is 15.2. The molecule has 0 aromatic heterocycles. The van der Waals surface area contributed by atoms with Crippen molar-refractivity contribution < 1.29 is 19.1 Å². The lowest BCUT2D eigenvalue weighted by Gasteiger charge is -2.65. The maximum Gasteiger partial charge on any atom is 0.303 e. The third-order valence-corrected chi connectivity index (χ3v) is 8.28. The number of ketones is 1. The van der Waals surface area contributed by atoms with Gasteiger partial charge in [0.05, 0.1) is 6.04 Å². The molecule has 3 aliphatic carbocycles. The highest BCUT2D eigenvalue weighted by Crippen LogP contribution is 2.60. The molecule has 32 heavy (non-hydrogen) atoms. The Kier molecular flexibility index (Phi) is 5.49. The molecule has 1 aromatic rings. The van der Waals surface area contributed by atoms with Crippen LogP contribution < -0.4 is 0 Å². The molecule has 3 fully saturated rings. The van der Waals surface area contributed by atoms with E-state index in [0.29, 0.717) is 25.4 Å². The van der Waals surface area contributed by atoms with Crippen LogP contribution in [-0.2, 0) is 30.9 Å². The molecule has 2 saturated carbocycles. The number of ether oxygens (including phenoxy) is 2. The van der Waals surface area contributed by atoms with E-state index in [9.17, 15) is 9.59 Å². The maximum atomic E-state index is 13.5. The first kappa shape index (κ1) is 22.1. The van der Waals surface area contributed by atoms with Gasteiger partial charge in [-0.25, -0.2) is 0 Å². The summed E-state index contributed by atoms with van der Waals surface area (Å²) in [5.74, 6) is 1.02. The number of carbonyl (C=O) groups excluding carboxylic acids is 2. The van der Waals surface area contributed by atoms with E-state index in [1.54, 1.807) is 0 Å². The van der Waals surface area contributed by atoms with Gasteiger partial charge in [0.1, 0.15) is 11.7 Å². The molecular weight excluding hydrogens is 402 g/mol. The molecule has 174 valence electrons. The van der Waals surface area contributed by atoms with Gasteiger partial charge in [-0.2, -0.15) is 0 Å². The number of aryl methyl sites for hydroxylation is 1. The number of carbonyl (C=O) groups is 2. The second-order valence-corrected chi connectivity index (χ2v) is 11.2. The lowest BCUT2D eigenvalue weighted by atomic mass is 9.48. The first-order valence-electron chi connectivity index (χ1n) is 12.4. The third kappa shape index (κ3) is 3.52. The van der Waals surface area contributed by atoms with E-state index in [-0.39, 0.29) is 17.8 Å². The van der Waals surface area contributed by atoms with Crippen LogP contribution in [0.3, 0.4) is 0 Å². The van der Waals surface area contributed by atoms with Crippen molar-refractivity contribution in [3.63, 3.8) is 0 Å².